The number of aliphatic imine (C=N–C) groups is 1. The first kappa shape index (κ1) is 23.1. The minimum Gasteiger partial charge on any atom is -0.444 e. The average Bonchev–Trinajstić information content (AvgIpc) is 3.11. The molecule has 2 fully saturated rings. The number of carbonyl (C=O) groups is 1. The minimum absolute atomic E-state index is 0.195. The molecule has 0 bridgehead atoms. The molecule has 1 heterocycles. The summed E-state index contributed by atoms with van der Waals surface area (Å²) in [5.74, 6) is 0.918. The van der Waals surface area contributed by atoms with Crippen LogP contribution in [0.4, 0.5) is 4.79 Å². The van der Waals surface area contributed by atoms with Crippen LogP contribution in [0.15, 0.2) is 4.99 Å². The Balaban J connectivity index is 1.58. The quantitative estimate of drug-likeness (QED) is 0.396. The van der Waals surface area contributed by atoms with E-state index in [2.05, 4.69) is 26.8 Å². The summed E-state index contributed by atoms with van der Waals surface area (Å²) in [7, 11) is 1.84. The lowest BCUT2D eigenvalue weighted by Gasteiger charge is -2.35. The first-order chi connectivity index (χ1) is 13.3. The Hall–Kier alpha value is -1.15. The monoisotopic (exact) mass is 413 g/mol. The molecule has 2 unspecified atom stereocenters. The van der Waals surface area contributed by atoms with E-state index in [0.717, 1.165) is 56.9 Å². The van der Waals surface area contributed by atoms with Gasteiger partial charge < -0.3 is 20.3 Å². The van der Waals surface area contributed by atoms with Crippen molar-refractivity contribution in [3.05, 3.63) is 0 Å². The van der Waals surface area contributed by atoms with Crippen LogP contribution in [0, 0.1) is 0 Å². The number of hydrogen-bond acceptors (Lipinski definition) is 5. The van der Waals surface area contributed by atoms with Gasteiger partial charge in [0.25, 0.3) is 0 Å². The van der Waals surface area contributed by atoms with Crippen molar-refractivity contribution >= 4 is 23.8 Å². The summed E-state index contributed by atoms with van der Waals surface area (Å²) in [6, 6.07) is 0.546. The lowest BCUT2D eigenvalue weighted by molar-refractivity contribution is 0.0145. The number of thioether (sulfide) groups is 1. The van der Waals surface area contributed by atoms with E-state index in [1.54, 1.807) is 0 Å². The molecule has 2 N–H and O–H groups in total. The molecule has 1 aliphatic heterocycles. The van der Waals surface area contributed by atoms with Gasteiger partial charge in [-0.1, -0.05) is 0 Å². The van der Waals surface area contributed by atoms with E-state index in [9.17, 15) is 4.79 Å². The van der Waals surface area contributed by atoms with Crippen molar-refractivity contribution in [2.24, 2.45) is 4.99 Å². The summed E-state index contributed by atoms with van der Waals surface area (Å²) in [5.41, 5.74) is -0.429. The largest absolute Gasteiger partial charge is 0.444 e. The molecule has 28 heavy (non-hydrogen) atoms. The highest BCUT2D eigenvalue weighted by Gasteiger charge is 2.26. The van der Waals surface area contributed by atoms with E-state index >= 15 is 0 Å². The second kappa shape index (κ2) is 11.1. The van der Waals surface area contributed by atoms with Crippen LogP contribution in [0.1, 0.15) is 46.5 Å². The highest BCUT2D eigenvalue weighted by atomic mass is 32.2. The average molecular weight is 414 g/mol. The zero-order chi connectivity index (χ0) is 20.6. The number of carbonyl (C=O) groups excluding carboxylic acids is 1. The van der Waals surface area contributed by atoms with Crippen LogP contribution in [0.3, 0.4) is 0 Å². The van der Waals surface area contributed by atoms with Gasteiger partial charge in [0.1, 0.15) is 5.60 Å². The third kappa shape index (κ3) is 8.07. The Morgan fingerprint density at radius 3 is 2.50 bits per heavy atom. The Labute approximate surface area is 175 Å². The van der Waals surface area contributed by atoms with Crippen LogP contribution in [0.2, 0.25) is 0 Å². The van der Waals surface area contributed by atoms with Crippen molar-refractivity contribution in [2.75, 3.05) is 52.6 Å². The van der Waals surface area contributed by atoms with Gasteiger partial charge in [-0.3, -0.25) is 9.89 Å². The van der Waals surface area contributed by atoms with Gasteiger partial charge in [-0.25, -0.2) is 4.79 Å². The van der Waals surface area contributed by atoms with Crippen LogP contribution in [0.25, 0.3) is 0 Å². The Kier molecular flexibility index (Phi) is 9.21. The molecule has 2 atom stereocenters. The Bertz CT molecular complexity index is 515. The summed E-state index contributed by atoms with van der Waals surface area (Å²) in [6.07, 6.45) is 6.82. The molecule has 1 aliphatic carbocycles. The molecular weight excluding hydrogens is 374 g/mol. The van der Waals surface area contributed by atoms with E-state index in [4.69, 9.17) is 4.74 Å². The maximum atomic E-state index is 12.1. The third-order valence-electron chi connectivity index (χ3n) is 5.25. The molecule has 0 aromatic rings. The molecule has 1 saturated carbocycles. The Morgan fingerprint density at radius 2 is 1.93 bits per heavy atom. The van der Waals surface area contributed by atoms with E-state index in [-0.39, 0.29) is 6.09 Å². The van der Waals surface area contributed by atoms with Crippen LogP contribution in [0.5, 0.6) is 0 Å². The SMILES string of the molecule is CN=C(NCCCN1CCN(C(=O)OC(C)(C)C)CC1)NC1CCC(SC)C1. The molecule has 0 aromatic heterocycles. The first-order valence-electron chi connectivity index (χ1n) is 10.5. The fourth-order valence-electron chi connectivity index (χ4n) is 3.66. The van der Waals surface area contributed by atoms with Crippen LogP contribution < -0.4 is 10.6 Å². The number of nitrogens with zero attached hydrogens (tertiary/aromatic N) is 3. The second-order valence-electron chi connectivity index (χ2n) is 8.67. The van der Waals surface area contributed by atoms with Gasteiger partial charge in [-0.2, -0.15) is 11.8 Å². The molecule has 7 nitrogen and oxygen atoms in total. The van der Waals surface area contributed by atoms with Crippen molar-refractivity contribution in [3.8, 4) is 0 Å². The predicted molar refractivity (Wildman–Crippen MR) is 118 cm³/mol. The molecule has 0 spiro atoms. The first-order valence-corrected chi connectivity index (χ1v) is 11.8. The van der Waals surface area contributed by atoms with Crippen molar-refractivity contribution in [1.82, 2.24) is 20.4 Å². The molecule has 8 heteroatoms. The predicted octanol–water partition coefficient (Wildman–Crippen LogP) is 2.38. The van der Waals surface area contributed by atoms with E-state index in [1.807, 2.05) is 44.5 Å². The van der Waals surface area contributed by atoms with Crippen molar-refractivity contribution in [2.45, 2.75) is 63.3 Å². The van der Waals surface area contributed by atoms with Gasteiger partial charge >= 0.3 is 6.09 Å². The standard InChI is InChI=1S/C20H39N5O2S/c1-20(2,3)27-19(26)25-13-11-24(12-14-25)10-6-9-22-18(21-4)23-16-7-8-17(15-16)28-5/h16-17H,6-15H2,1-5H3,(H2,21,22,23). The third-order valence-corrected chi connectivity index (χ3v) is 6.34. The van der Waals surface area contributed by atoms with Crippen molar-refractivity contribution < 1.29 is 9.53 Å². The van der Waals surface area contributed by atoms with Gasteiger partial charge in [-0.05, 0) is 59.3 Å². The number of rotatable bonds is 6. The van der Waals surface area contributed by atoms with E-state index in [0.29, 0.717) is 6.04 Å². The number of ether oxygens (including phenoxy) is 1. The molecule has 162 valence electrons. The minimum atomic E-state index is -0.429. The zero-order valence-corrected chi connectivity index (χ0v) is 19.1. The second-order valence-corrected chi connectivity index (χ2v) is 9.81. The number of nitrogens with one attached hydrogen (secondary N) is 2. The van der Waals surface area contributed by atoms with Crippen molar-refractivity contribution in [1.29, 1.82) is 0 Å². The fourth-order valence-corrected chi connectivity index (χ4v) is 4.46. The normalized spacial score (nSPS) is 24.3. The lowest BCUT2D eigenvalue weighted by Crippen LogP contribution is -2.50. The maximum Gasteiger partial charge on any atom is 0.410 e. The van der Waals surface area contributed by atoms with E-state index < -0.39 is 5.60 Å². The lowest BCUT2D eigenvalue weighted by atomic mass is 10.2. The van der Waals surface area contributed by atoms with Gasteiger partial charge in [0.2, 0.25) is 0 Å². The summed E-state index contributed by atoms with van der Waals surface area (Å²) < 4.78 is 5.45. The highest BCUT2D eigenvalue weighted by Crippen LogP contribution is 2.27. The zero-order valence-electron chi connectivity index (χ0n) is 18.3. The van der Waals surface area contributed by atoms with E-state index in [1.165, 1.54) is 19.3 Å². The number of amides is 1. The number of hydrogen-bond donors (Lipinski definition) is 2. The topological polar surface area (TPSA) is 69.2 Å². The molecule has 1 saturated heterocycles. The summed E-state index contributed by atoms with van der Waals surface area (Å²) >= 11 is 1.97. The van der Waals surface area contributed by atoms with Gasteiger partial charge in [0.15, 0.2) is 5.96 Å². The molecule has 2 aliphatic rings. The van der Waals surface area contributed by atoms with Crippen LogP contribution in [-0.2, 0) is 4.74 Å². The smallest absolute Gasteiger partial charge is 0.410 e. The Morgan fingerprint density at radius 1 is 1.21 bits per heavy atom. The van der Waals surface area contributed by atoms with Crippen LogP contribution >= 0.6 is 11.8 Å². The fraction of sp³-hybridized carbons (Fsp3) is 0.900. The summed E-state index contributed by atoms with van der Waals surface area (Å²) in [4.78, 5) is 20.7. The van der Waals surface area contributed by atoms with Gasteiger partial charge in [-0.15, -0.1) is 0 Å². The van der Waals surface area contributed by atoms with Gasteiger partial charge in [0.05, 0.1) is 0 Å². The number of guanidine groups is 1. The molecule has 1 amide bonds. The summed E-state index contributed by atoms with van der Waals surface area (Å²) in [6.45, 7) is 11.0. The molecular formula is C20H39N5O2S. The highest BCUT2D eigenvalue weighted by molar-refractivity contribution is 7.99. The summed E-state index contributed by atoms with van der Waals surface area (Å²) in [5, 5.41) is 7.79. The van der Waals surface area contributed by atoms with Gasteiger partial charge in [0, 0.05) is 51.1 Å². The molecule has 0 radical (unpaired) electrons. The number of piperazine rings is 1. The maximum absolute atomic E-state index is 12.1. The molecule has 2 rings (SSSR count). The van der Waals surface area contributed by atoms with Crippen molar-refractivity contribution in [3.63, 3.8) is 0 Å². The molecule has 0 aromatic carbocycles. The van der Waals surface area contributed by atoms with Crippen LogP contribution in [-0.4, -0.2) is 91.3 Å².